The van der Waals surface area contributed by atoms with E-state index in [1.165, 1.54) is 0 Å². The summed E-state index contributed by atoms with van der Waals surface area (Å²) in [5, 5.41) is 0. The van der Waals surface area contributed by atoms with Gasteiger partial charge in [0.1, 0.15) is 11.5 Å². The number of nitrogens with two attached hydrogens (primary N) is 2. The highest BCUT2D eigenvalue weighted by Gasteiger charge is 2.17. The van der Waals surface area contributed by atoms with Crippen LogP contribution in [0.2, 0.25) is 0 Å². The predicted octanol–water partition coefficient (Wildman–Crippen LogP) is 2.40. The molecule has 0 saturated heterocycles. The fourth-order valence-electron chi connectivity index (χ4n) is 2.07. The Bertz CT molecular complexity index is 486. The molecule has 2 aromatic carbocycles. The van der Waals surface area contributed by atoms with E-state index in [1.54, 1.807) is 14.2 Å². The van der Waals surface area contributed by atoms with Crippen LogP contribution in [0.4, 0.5) is 0 Å². The van der Waals surface area contributed by atoms with Crippen molar-refractivity contribution in [2.24, 2.45) is 11.5 Å². The third-order valence-corrected chi connectivity index (χ3v) is 3.39. The SMILES string of the molecule is COc1ccc([C@@H](N)[C@H](N)c2ccc(OC)cc2)cc1. The van der Waals surface area contributed by atoms with Crippen molar-refractivity contribution in [3.8, 4) is 11.5 Å². The van der Waals surface area contributed by atoms with Crippen molar-refractivity contribution >= 4 is 0 Å². The summed E-state index contributed by atoms with van der Waals surface area (Å²) in [6, 6.07) is 14.8. The summed E-state index contributed by atoms with van der Waals surface area (Å²) < 4.78 is 10.3. The van der Waals surface area contributed by atoms with Crippen molar-refractivity contribution in [2.75, 3.05) is 14.2 Å². The number of rotatable bonds is 5. The van der Waals surface area contributed by atoms with Gasteiger partial charge < -0.3 is 20.9 Å². The molecule has 0 unspecified atom stereocenters. The molecule has 2 atom stereocenters. The quantitative estimate of drug-likeness (QED) is 0.877. The van der Waals surface area contributed by atoms with E-state index in [0.717, 1.165) is 22.6 Å². The number of methoxy groups -OCH3 is 2. The average Bonchev–Trinajstić information content (AvgIpc) is 2.53. The van der Waals surface area contributed by atoms with Crippen LogP contribution in [0, 0.1) is 0 Å². The maximum Gasteiger partial charge on any atom is 0.118 e. The molecule has 4 nitrogen and oxygen atoms in total. The van der Waals surface area contributed by atoms with Gasteiger partial charge in [-0.05, 0) is 35.4 Å². The van der Waals surface area contributed by atoms with Gasteiger partial charge in [0.25, 0.3) is 0 Å². The van der Waals surface area contributed by atoms with Gasteiger partial charge in [-0.1, -0.05) is 24.3 Å². The molecule has 2 rings (SSSR count). The smallest absolute Gasteiger partial charge is 0.118 e. The minimum atomic E-state index is -0.269. The summed E-state index contributed by atoms with van der Waals surface area (Å²) >= 11 is 0. The second-order valence-electron chi connectivity index (χ2n) is 4.60. The summed E-state index contributed by atoms with van der Waals surface area (Å²) in [5.74, 6) is 1.61. The highest BCUT2D eigenvalue weighted by molar-refractivity contribution is 5.34. The van der Waals surface area contributed by atoms with Crippen molar-refractivity contribution in [1.82, 2.24) is 0 Å². The predicted molar refractivity (Wildman–Crippen MR) is 79.8 cm³/mol. The minimum Gasteiger partial charge on any atom is -0.497 e. The monoisotopic (exact) mass is 272 g/mol. The van der Waals surface area contributed by atoms with Crippen LogP contribution in [0.5, 0.6) is 11.5 Å². The van der Waals surface area contributed by atoms with Crippen molar-refractivity contribution < 1.29 is 9.47 Å². The summed E-state index contributed by atoms with van der Waals surface area (Å²) in [5.41, 5.74) is 14.4. The molecule has 0 aliphatic carbocycles. The van der Waals surface area contributed by atoms with Crippen LogP contribution in [0.3, 0.4) is 0 Å². The molecule has 0 bridgehead atoms. The van der Waals surface area contributed by atoms with Gasteiger partial charge in [-0.15, -0.1) is 0 Å². The molecule has 106 valence electrons. The molecule has 0 fully saturated rings. The molecule has 20 heavy (non-hydrogen) atoms. The molecule has 0 amide bonds. The van der Waals surface area contributed by atoms with Gasteiger partial charge in [0.2, 0.25) is 0 Å². The van der Waals surface area contributed by atoms with E-state index in [9.17, 15) is 0 Å². The molecule has 2 aromatic rings. The first-order chi connectivity index (χ1) is 9.65. The van der Waals surface area contributed by atoms with E-state index in [1.807, 2.05) is 48.5 Å². The number of benzene rings is 2. The fraction of sp³-hybridized carbons (Fsp3) is 0.250. The first-order valence-corrected chi connectivity index (χ1v) is 6.44. The Morgan fingerprint density at radius 1 is 0.650 bits per heavy atom. The summed E-state index contributed by atoms with van der Waals surface area (Å²) in [6.45, 7) is 0. The Morgan fingerprint density at radius 3 is 1.20 bits per heavy atom. The molecule has 0 spiro atoms. The number of hydrogen-bond acceptors (Lipinski definition) is 4. The van der Waals surface area contributed by atoms with Crippen LogP contribution in [0.15, 0.2) is 48.5 Å². The zero-order valence-electron chi connectivity index (χ0n) is 11.7. The average molecular weight is 272 g/mol. The van der Waals surface area contributed by atoms with E-state index in [0.29, 0.717) is 0 Å². The number of hydrogen-bond donors (Lipinski definition) is 2. The van der Waals surface area contributed by atoms with Gasteiger partial charge in [-0.3, -0.25) is 0 Å². The zero-order chi connectivity index (χ0) is 14.5. The molecule has 0 aromatic heterocycles. The topological polar surface area (TPSA) is 70.5 Å². The van der Waals surface area contributed by atoms with E-state index < -0.39 is 0 Å². The molecule has 0 radical (unpaired) electrons. The van der Waals surface area contributed by atoms with Crippen LogP contribution in [0.1, 0.15) is 23.2 Å². The highest BCUT2D eigenvalue weighted by atomic mass is 16.5. The normalized spacial score (nSPS) is 13.6. The van der Waals surface area contributed by atoms with Gasteiger partial charge in [0, 0.05) is 12.1 Å². The lowest BCUT2D eigenvalue weighted by molar-refractivity contribution is 0.414. The van der Waals surface area contributed by atoms with Gasteiger partial charge in [0.05, 0.1) is 14.2 Å². The van der Waals surface area contributed by atoms with E-state index in [2.05, 4.69) is 0 Å². The maximum atomic E-state index is 6.24. The molecule has 4 heteroatoms. The molecule has 0 saturated carbocycles. The van der Waals surface area contributed by atoms with Gasteiger partial charge in [-0.25, -0.2) is 0 Å². The molecular weight excluding hydrogens is 252 g/mol. The Balaban J connectivity index is 2.15. The molecule has 0 heterocycles. The van der Waals surface area contributed by atoms with Crippen molar-refractivity contribution in [1.29, 1.82) is 0 Å². The molecular formula is C16H20N2O2. The fourth-order valence-corrected chi connectivity index (χ4v) is 2.07. The summed E-state index contributed by atoms with van der Waals surface area (Å²) in [7, 11) is 3.27. The Hall–Kier alpha value is -2.04. The van der Waals surface area contributed by atoms with Crippen molar-refractivity contribution in [3.63, 3.8) is 0 Å². The Morgan fingerprint density at radius 2 is 0.950 bits per heavy atom. The Labute approximate surface area is 119 Å². The van der Waals surface area contributed by atoms with Crippen LogP contribution in [0.25, 0.3) is 0 Å². The van der Waals surface area contributed by atoms with Gasteiger partial charge in [0.15, 0.2) is 0 Å². The molecule has 0 aliphatic heterocycles. The highest BCUT2D eigenvalue weighted by Crippen LogP contribution is 2.27. The lowest BCUT2D eigenvalue weighted by Gasteiger charge is -2.21. The van der Waals surface area contributed by atoms with E-state index in [4.69, 9.17) is 20.9 Å². The molecule has 4 N–H and O–H groups in total. The zero-order valence-corrected chi connectivity index (χ0v) is 11.7. The van der Waals surface area contributed by atoms with Gasteiger partial charge in [-0.2, -0.15) is 0 Å². The van der Waals surface area contributed by atoms with Crippen LogP contribution >= 0.6 is 0 Å². The maximum absolute atomic E-state index is 6.24. The van der Waals surface area contributed by atoms with Crippen LogP contribution in [-0.2, 0) is 0 Å². The Kier molecular flexibility index (Phi) is 4.61. The standard InChI is InChI=1S/C16H20N2O2/c1-19-13-7-3-11(4-8-13)15(17)16(18)12-5-9-14(20-2)10-6-12/h3-10,15-16H,17-18H2,1-2H3/t15-,16-/m1/s1. The molecule has 0 aliphatic rings. The second-order valence-corrected chi connectivity index (χ2v) is 4.60. The minimum absolute atomic E-state index is 0.269. The third-order valence-electron chi connectivity index (χ3n) is 3.39. The summed E-state index contributed by atoms with van der Waals surface area (Å²) in [6.07, 6.45) is 0. The first kappa shape index (κ1) is 14.4. The van der Waals surface area contributed by atoms with Gasteiger partial charge >= 0.3 is 0 Å². The van der Waals surface area contributed by atoms with Crippen LogP contribution in [-0.4, -0.2) is 14.2 Å². The lowest BCUT2D eigenvalue weighted by Crippen LogP contribution is -2.26. The largest absolute Gasteiger partial charge is 0.497 e. The van der Waals surface area contributed by atoms with Crippen molar-refractivity contribution in [2.45, 2.75) is 12.1 Å². The van der Waals surface area contributed by atoms with E-state index >= 15 is 0 Å². The lowest BCUT2D eigenvalue weighted by atomic mass is 9.95. The summed E-state index contributed by atoms with van der Waals surface area (Å²) in [4.78, 5) is 0. The second kappa shape index (κ2) is 6.41. The van der Waals surface area contributed by atoms with E-state index in [-0.39, 0.29) is 12.1 Å². The van der Waals surface area contributed by atoms with Crippen molar-refractivity contribution in [3.05, 3.63) is 59.7 Å². The van der Waals surface area contributed by atoms with Crippen LogP contribution < -0.4 is 20.9 Å². The first-order valence-electron chi connectivity index (χ1n) is 6.44. The third kappa shape index (κ3) is 3.10. The number of ether oxygens (including phenoxy) is 2.